The van der Waals surface area contributed by atoms with E-state index in [0.717, 1.165) is 31.4 Å². The molecular weight excluding hydrogens is 295 g/mol. The van der Waals surface area contributed by atoms with Crippen molar-refractivity contribution < 1.29 is 18.0 Å². The molecule has 3 N–H and O–H groups in total. The lowest BCUT2D eigenvalue weighted by Crippen LogP contribution is -2.58. The summed E-state index contributed by atoms with van der Waals surface area (Å²) < 4.78 is 38.4. The van der Waals surface area contributed by atoms with Gasteiger partial charge in [0.05, 0.1) is 22.5 Å². The number of hydrogen-bond donors (Lipinski definition) is 3. The molecule has 0 unspecified atom stereocenters. The number of alkyl halides is 3. The quantitative estimate of drug-likeness (QED) is 0.782. The van der Waals surface area contributed by atoms with Crippen LogP contribution >= 0.6 is 0 Å². The second-order valence-electron chi connectivity index (χ2n) is 5.43. The second-order valence-corrected chi connectivity index (χ2v) is 5.43. The van der Waals surface area contributed by atoms with Crippen LogP contribution in [0, 0.1) is 0 Å². The smallest absolute Gasteiger partial charge is 0.384 e. The van der Waals surface area contributed by atoms with E-state index in [9.17, 15) is 18.0 Å². The number of nitrogens with one attached hydrogen (secondary N) is 3. The van der Waals surface area contributed by atoms with Crippen molar-refractivity contribution in [3.8, 4) is 0 Å². The molecule has 0 aromatic heterocycles. The zero-order chi connectivity index (χ0) is 16.4. The van der Waals surface area contributed by atoms with Gasteiger partial charge in [0.15, 0.2) is 0 Å². The van der Waals surface area contributed by atoms with Gasteiger partial charge < -0.3 is 16.0 Å². The van der Waals surface area contributed by atoms with E-state index in [2.05, 4.69) is 16.0 Å². The molecule has 1 fully saturated rings. The molecule has 0 radical (unpaired) electrons. The first-order chi connectivity index (χ1) is 10.3. The van der Waals surface area contributed by atoms with E-state index in [1.807, 2.05) is 0 Å². The molecule has 1 saturated carbocycles. The monoisotopic (exact) mass is 315 g/mol. The van der Waals surface area contributed by atoms with Crippen LogP contribution in [-0.4, -0.2) is 25.0 Å². The molecular formula is C15H20F3N3O. The maximum atomic E-state index is 12.8. The van der Waals surface area contributed by atoms with Gasteiger partial charge in [-0.25, -0.2) is 0 Å². The average molecular weight is 315 g/mol. The minimum atomic E-state index is -4.41. The van der Waals surface area contributed by atoms with Crippen molar-refractivity contribution in [2.45, 2.75) is 37.9 Å². The number of likely N-dealkylation sites (N-methyl/N-ethyl adjacent to an activating group) is 1. The summed E-state index contributed by atoms with van der Waals surface area (Å²) in [5.41, 5.74) is -0.710. The molecule has 1 aromatic rings. The van der Waals surface area contributed by atoms with Crippen molar-refractivity contribution >= 4 is 17.3 Å². The van der Waals surface area contributed by atoms with Gasteiger partial charge in [-0.2, -0.15) is 13.2 Å². The van der Waals surface area contributed by atoms with E-state index >= 15 is 0 Å². The van der Waals surface area contributed by atoms with Crippen molar-refractivity contribution in [2.24, 2.45) is 0 Å². The maximum absolute atomic E-state index is 12.8. The van der Waals surface area contributed by atoms with Gasteiger partial charge in [0.25, 0.3) is 0 Å². The van der Waals surface area contributed by atoms with Crippen LogP contribution < -0.4 is 16.0 Å². The zero-order valence-corrected chi connectivity index (χ0v) is 12.6. The minimum Gasteiger partial charge on any atom is -0.384 e. The summed E-state index contributed by atoms with van der Waals surface area (Å²) in [4.78, 5) is 12.4. The third-order valence-corrected chi connectivity index (χ3v) is 4.08. The molecule has 0 spiro atoms. The van der Waals surface area contributed by atoms with Gasteiger partial charge in [-0.1, -0.05) is 0 Å². The number of amides is 1. The Labute approximate surface area is 127 Å². The Morgan fingerprint density at radius 1 is 1.27 bits per heavy atom. The highest BCUT2D eigenvalue weighted by atomic mass is 19.4. The fourth-order valence-electron chi connectivity index (χ4n) is 2.53. The van der Waals surface area contributed by atoms with Gasteiger partial charge in [0.2, 0.25) is 5.91 Å². The number of carbonyl (C=O) groups is 1. The molecule has 0 aliphatic heterocycles. The SMILES string of the molecule is CCNc1cc(C(F)(F)F)ccc1NC(=O)C1(NC)CCC1. The molecule has 22 heavy (non-hydrogen) atoms. The molecule has 1 aliphatic carbocycles. The molecule has 1 aliphatic rings. The lowest BCUT2D eigenvalue weighted by molar-refractivity contribution is -0.137. The van der Waals surface area contributed by atoms with Crippen molar-refractivity contribution in [3.63, 3.8) is 0 Å². The first-order valence-corrected chi connectivity index (χ1v) is 7.28. The molecule has 122 valence electrons. The van der Waals surface area contributed by atoms with Crippen LogP contribution in [0.2, 0.25) is 0 Å². The Hall–Kier alpha value is -1.76. The van der Waals surface area contributed by atoms with Gasteiger partial charge in [0.1, 0.15) is 0 Å². The Morgan fingerprint density at radius 3 is 2.41 bits per heavy atom. The van der Waals surface area contributed by atoms with Gasteiger partial charge >= 0.3 is 6.18 Å². The second kappa shape index (κ2) is 6.16. The Bertz CT molecular complexity index is 548. The van der Waals surface area contributed by atoms with Crippen molar-refractivity contribution in [1.82, 2.24) is 5.32 Å². The van der Waals surface area contributed by atoms with Gasteiger partial charge in [-0.3, -0.25) is 4.79 Å². The van der Waals surface area contributed by atoms with Gasteiger partial charge in [-0.05, 0) is 51.4 Å². The topological polar surface area (TPSA) is 53.2 Å². The Balaban J connectivity index is 2.24. The third kappa shape index (κ3) is 3.19. The fraction of sp³-hybridized carbons (Fsp3) is 0.533. The summed E-state index contributed by atoms with van der Waals surface area (Å²) in [6, 6.07) is 3.29. The highest BCUT2D eigenvalue weighted by Gasteiger charge is 2.43. The molecule has 7 heteroatoms. The zero-order valence-electron chi connectivity index (χ0n) is 12.6. The van der Waals surface area contributed by atoms with E-state index < -0.39 is 17.3 Å². The van der Waals surface area contributed by atoms with Crippen LogP contribution in [0.5, 0.6) is 0 Å². The predicted octanol–water partition coefficient (Wildman–Crippen LogP) is 3.22. The summed E-state index contributed by atoms with van der Waals surface area (Å²) >= 11 is 0. The van der Waals surface area contributed by atoms with E-state index in [1.54, 1.807) is 14.0 Å². The molecule has 0 bridgehead atoms. The van der Waals surface area contributed by atoms with Crippen molar-refractivity contribution in [1.29, 1.82) is 0 Å². The number of anilines is 2. The van der Waals surface area contributed by atoms with Crippen LogP contribution in [0.1, 0.15) is 31.7 Å². The minimum absolute atomic E-state index is 0.208. The molecule has 0 atom stereocenters. The molecule has 0 heterocycles. The maximum Gasteiger partial charge on any atom is 0.416 e. The Morgan fingerprint density at radius 2 is 1.95 bits per heavy atom. The van der Waals surface area contributed by atoms with Crippen LogP contribution in [0.4, 0.5) is 24.5 Å². The number of halogens is 3. The lowest BCUT2D eigenvalue weighted by atomic mass is 9.76. The van der Waals surface area contributed by atoms with Crippen LogP contribution in [0.3, 0.4) is 0 Å². The highest BCUT2D eigenvalue weighted by Crippen LogP contribution is 2.36. The molecule has 4 nitrogen and oxygen atoms in total. The predicted molar refractivity (Wildman–Crippen MR) is 79.9 cm³/mol. The van der Waals surface area contributed by atoms with E-state index in [0.29, 0.717) is 12.2 Å². The van der Waals surface area contributed by atoms with Crippen LogP contribution in [0.15, 0.2) is 18.2 Å². The highest BCUT2D eigenvalue weighted by molar-refractivity contribution is 6.01. The van der Waals surface area contributed by atoms with E-state index in [1.165, 1.54) is 6.07 Å². The standard InChI is InChI=1S/C15H20F3N3O/c1-3-20-12-9-10(15(16,17)18)5-6-11(12)21-13(22)14(19-2)7-4-8-14/h5-6,9,19-20H,3-4,7-8H2,1-2H3,(H,21,22). The molecule has 1 amide bonds. The van der Waals surface area contributed by atoms with Crippen molar-refractivity contribution in [2.75, 3.05) is 24.2 Å². The van der Waals surface area contributed by atoms with Crippen LogP contribution in [0.25, 0.3) is 0 Å². The average Bonchev–Trinajstić information content (AvgIpc) is 2.39. The summed E-state index contributed by atoms with van der Waals surface area (Å²) in [6.07, 6.45) is -1.99. The number of carbonyl (C=O) groups excluding carboxylic acids is 1. The van der Waals surface area contributed by atoms with Gasteiger partial charge in [0, 0.05) is 6.54 Å². The fourth-order valence-corrected chi connectivity index (χ4v) is 2.53. The normalized spacial score (nSPS) is 16.8. The summed E-state index contributed by atoms with van der Waals surface area (Å²) in [5.74, 6) is -0.208. The number of rotatable bonds is 5. The number of hydrogen-bond acceptors (Lipinski definition) is 3. The molecule has 1 aromatic carbocycles. The third-order valence-electron chi connectivity index (χ3n) is 4.08. The first-order valence-electron chi connectivity index (χ1n) is 7.28. The van der Waals surface area contributed by atoms with Gasteiger partial charge in [-0.15, -0.1) is 0 Å². The summed E-state index contributed by atoms with van der Waals surface area (Å²) in [5, 5.41) is 8.61. The largest absolute Gasteiger partial charge is 0.416 e. The van der Waals surface area contributed by atoms with E-state index in [4.69, 9.17) is 0 Å². The molecule has 0 saturated heterocycles. The van der Waals surface area contributed by atoms with E-state index in [-0.39, 0.29) is 11.6 Å². The molecule has 2 rings (SSSR count). The van der Waals surface area contributed by atoms with Crippen molar-refractivity contribution in [3.05, 3.63) is 23.8 Å². The lowest BCUT2D eigenvalue weighted by Gasteiger charge is -2.40. The summed E-state index contributed by atoms with van der Waals surface area (Å²) in [7, 11) is 1.72. The summed E-state index contributed by atoms with van der Waals surface area (Å²) in [6.45, 7) is 2.24. The Kier molecular flexibility index (Phi) is 4.65. The van der Waals surface area contributed by atoms with Crippen LogP contribution in [-0.2, 0) is 11.0 Å². The first kappa shape index (κ1) is 16.6. The number of benzene rings is 1.